The van der Waals surface area contributed by atoms with E-state index in [0.29, 0.717) is 6.54 Å². The average Bonchev–Trinajstić information content (AvgIpc) is 2.38. The van der Waals surface area contributed by atoms with Gasteiger partial charge in [0.25, 0.3) is 0 Å². The van der Waals surface area contributed by atoms with Crippen molar-refractivity contribution in [2.45, 2.75) is 42.6 Å². The third-order valence-corrected chi connectivity index (χ3v) is 5.47. The van der Waals surface area contributed by atoms with Crippen LogP contribution in [0.3, 0.4) is 0 Å². The maximum Gasteiger partial charge on any atom is 0.126 e. The van der Waals surface area contributed by atoms with Gasteiger partial charge in [0.05, 0.1) is 10.5 Å². The minimum atomic E-state index is -1.28. The maximum atomic E-state index is 12.1. The lowest BCUT2D eigenvalue weighted by molar-refractivity contribution is 0.00974. The van der Waals surface area contributed by atoms with Crippen LogP contribution in [0.15, 0.2) is 33.6 Å². The smallest absolute Gasteiger partial charge is 0.126 e. The van der Waals surface area contributed by atoms with E-state index < -0.39 is 16.6 Å². The van der Waals surface area contributed by atoms with Crippen LogP contribution < -0.4 is 4.72 Å². The van der Waals surface area contributed by atoms with E-state index in [1.807, 2.05) is 24.3 Å². The summed E-state index contributed by atoms with van der Waals surface area (Å²) in [6, 6.07) is 7.43. The number of halogens is 1. The van der Waals surface area contributed by atoms with Crippen LogP contribution in [0.25, 0.3) is 0 Å². The van der Waals surface area contributed by atoms with Gasteiger partial charge in [-0.05, 0) is 40.9 Å². The van der Waals surface area contributed by atoms with E-state index in [0.717, 1.165) is 35.1 Å². The van der Waals surface area contributed by atoms with Crippen LogP contribution in [0.4, 0.5) is 0 Å². The molecule has 0 bridgehead atoms. The van der Waals surface area contributed by atoms with Crippen molar-refractivity contribution in [1.82, 2.24) is 4.72 Å². The Morgan fingerprint density at radius 1 is 1.28 bits per heavy atom. The lowest BCUT2D eigenvalue weighted by Crippen LogP contribution is -2.42. The third kappa shape index (κ3) is 3.63. The molecule has 0 spiro atoms. The van der Waals surface area contributed by atoms with Crippen molar-refractivity contribution in [3.8, 4) is 0 Å². The van der Waals surface area contributed by atoms with Crippen molar-refractivity contribution in [3.05, 3.63) is 28.7 Å². The van der Waals surface area contributed by atoms with Gasteiger partial charge in [-0.25, -0.2) is 8.93 Å². The minimum Gasteiger partial charge on any atom is -0.389 e. The first-order chi connectivity index (χ1) is 8.61. The highest BCUT2D eigenvalue weighted by Gasteiger charge is 2.29. The summed E-state index contributed by atoms with van der Waals surface area (Å²) < 4.78 is 15.9. The largest absolute Gasteiger partial charge is 0.389 e. The fraction of sp³-hybridized carbons (Fsp3) is 0.538. The first-order valence-electron chi connectivity index (χ1n) is 6.23. The topological polar surface area (TPSA) is 49.3 Å². The van der Waals surface area contributed by atoms with Gasteiger partial charge in [0.15, 0.2) is 0 Å². The van der Waals surface area contributed by atoms with Gasteiger partial charge in [0.1, 0.15) is 11.0 Å². The molecule has 0 amide bonds. The molecular formula is C13H18BrNO2S. The van der Waals surface area contributed by atoms with Gasteiger partial charge < -0.3 is 5.11 Å². The highest BCUT2D eigenvalue weighted by atomic mass is 79.9. The molecule has 1 aliphatic carbocycles. The molecular weight excluding hydrogens is 314 g/mol. The Hall–Kier alpha value is -0.230. The molecule has 5 heteroatoms. The predicted octanol–water partition coefficient (Wildman–Crippen LogP) is 2.76. The standard InChI is InChI=1S/C13H18BrNO2S/c14-11-6-2-3-7-12(11)18(17)15-10-13(16)8-4-1-5-9-13/h2-3,6-7,15-16H,1,4-5,8-10H2. The second-order valence-electron chi connectivity index (χ2n) is 4.81. The summed E-state index contributed by atoms with van der Waals surface area (Å²) in [4.78, 5) is 0.719. The van der Waals surface area contributed by atoms with E-state index in [1.165, 1.54) is 6.42 Å². The van der Waals surface area contributed by atoms with E-state index >= 15 is 0 Å². The summed E-state index contributed by atoms with van der Waals surface area (Å²) in [6.45, 7) is 0.390. The first-order valence-corrected chi connectivity index (χ1v) is 8.17. The van der Waals surface area contributed by atoms with E-state index in [2.05, 4.69) is 20.7 Å². The normalized spacial score (nSPS) is 20.6. The molecule has 0 heterocycles. The molecule has 2 N–H and O–H groups in total. The van der Waals surface area contributed by atoms with Gasteiger partial charge in [-0.3, -0.25) is 0 Å². The van der Waals surface area contributed by atoms with Crippen LogP contribution in [-0.2, 0) is 11.0 Å². The molecule has 1 aromatic carbocycles. The number of hydrogen-bond acceptors (Lipinski definition) is 2. The zero-order valence-corrected chi connectivity index (χ0v) is 12.6. The van der Waals surface area contributed by atoms with Crippen LogP contribution in [-0.4, -0.2) is 21.5 Å². The molecule has 1 atom stereocenters. The predicted molar refractivity (Wildman–Crippen MR) is 76.6 cm³/mol. The molecule has 18 heavy (non-hydrogen) atoms. The van der Waals surface area contributed by atoms with Crippen LogP contribution in [0.5, 0.6) is 0 Å². The summed E-state index contributed by atoms with van der Waals surface area (Å²) in [5.41, 5.74) is -0.685. The fourth-order valence-corrected chi connectivity index (χ4v) is 3.99. The molecule has 3 nitrogen and oxygen atoms in total. The lowest BCUT2D eigenvalue weighted by Gasteiger charge is -2.31. The van der Waals surface area contributed by atoms with Crippen LogP contribution in [0.2, 0.25) is 0 Å². The summed E-state index contributed by atoms with van der Waals surface area (Å²) in [7, 11) is -1.28. The zero-order chi connectivity index (χ0) is 13.0. The summed E-state index contributed by atoms with van der Waals surface area (Å²) in [5.74, 6) is 0. The molecule has 0 aliphatic heterocycles. The number of benzene rings is 1. The van der Waals surface area contributed by atoms with Crippen LogP contribution >= 0.6 is 15.9 Å². The molecule has 100 valence electrons. The molecule has 1 aliphatic rings. The quantitative estimate of drug-likeness (QED) is 0.891. The molecule has 0 radical (unpaired) electrons. The van der Waals surface area contributed by atoms with E-state index in [1.54, 1.807) is 0 Å². The molecule has 1 aromatic rings. The second kappa shape index (κ2) is 6.28. The molecule has 1 unspecified atom stereocenters. The minimum absolute atomic E-state index is 0.390. The molecule has 1 fully saturated rings. The molecule has 0 aromatic heterocycles. The summed E-state index contributed by atoms with van der Waals surface area (Å²) in [5, 5.41) is 10.3. The molecule has 2 rings (SSSR count). The molecule has 0 saturated heterocycles. The van der Waals surface area contributed by atoms with Gasteiger partial charge in [0, 0.05) is 11.0 Å². The van der Waals surface area contributed by atoms with Crippen molar-refractivity contribution >= 4 is 26.9 Å². The van der Waals surface area contributed by atoms with Crippen molar-refractivity contribution in [3.63, 3.8) is 0 Å². The molecule has 1 saturated carbocycles. The van der Waals surface area contributed by atoms with Gasteiger partial charge in [0.2, 0.25) is 0 Å². The first kappa shape index (κ1) is 14.2. The van der Waals surface area contributed by atoms with Gasteiger partial charge in [-0.2, -0.15) is 0 Å². The highest BCUT2D eigenvalue weighted by Crippen LogP contribution is 2.27. The lowest BCUT2D eigenvalue weighted by atomic mass is 9.85. The van der Waals surface area contributed by atoms with Crippen LogP contribution in [0, 0.1) is 0 Å². The maximum absolute atomic E-state index is 12.1. The SMILES string of the molecule is O=S(NCC1(O)CCCCC1)c1ccccc1Br. The monoisotopic (exact) mass is 331 g/mol. The van der Waals surface area contributed by atoms with E-state index in [-0.39, 0.29) is 0 Å². The third-order valence-electron chi connectivity index (χ3n) is 3.35. The Bertz CT molecular complexity index is 433. The fourth-order valence-electron chi connectivity index (χ4n) is 2.26. The highest BCUT2D eigenvalue weighted by molar-refractivity contribution is 9.10. The second-order valence-corrected chi connectivity index (χ2v) is 6.93. The van der Waals surface area contributed by atoms with Gasteiger partial charge in [-0.1, -0.05) is 31.4 Å². The number of hydrogen-bond donors (Lipinski definition) is 2. The number of rotatable bonds is 4. The zero-order valence-electron chi connectivity index (χ0n) is 10.2. The van der Waals surface area contributed by atoms with Crippen molar-refractivity contribution < 1.29 is 9.32 Å². The number of aliphatic hydroxyl groups is 1. The van der Waals surface area contributed by atoms with E-state index in [9.17, 15) is 9.32 Å². The number of nitrogens with one attached hydrogen (secondary N) is 1. The summed E-state index contributed by atoms with van der Waals surface area (Å²) in [6.07, 6.45) is 4.90. The Labute approximate surface area is 119 Å². The van der Waals surface area contributed by atoms with Crippen molar-refractivity contribution in [2.75, 3.05) is 6.54 Å². The average molecular weight is 332 g/mol. The van der Waals surface area contributed by atoms with Crippen LogP contribution in [0.1, 0.15) is 32.1 Å². The van der Waals surface area contributed by atoms with Gasteiger partial charge in [-0.15, -0.1) is 0 Å². The summed E-state index contributed by atoms with van der Waals surface area (Å²) >= 11 is 3.38. The van der Waals surface area contributed by atoms with E-state index in [4.69, 9.17) is 0 Å². The van der Waals surface area contributed by atoms with Crippen molar-refractivity contribution in [2.24, 2.45) is 0 Å². The van der Waals surface area contributed by atoms with Gasteiger partial charge >= 0.3 is 0 Å². The Morgan fingerprint density at radius 2 is 1.94 bits per heavy atom. The van der Waals surface area contributed by atoms with Crippen molar-refractivity contribution in [1.29, 1.82) is 0 Å². The Kier molecular flexibility index (Phi) is 4.95. The Morgan fingerprint density at radius 3 is 2.61 bits per heavy atom. The Balaban J connectivity index is 1.94.